The Kier molecular flexibility index (Phi) is 6.09. The van der Waals surface area contributed by atoms with Crippen molar-refractivity contribution >= 4 is 29.4 Å². The fourth-order valence-electron chi connectivity index (χ4n) is 2.20. The van der Waals surface area contributed by atoms with E-state index in [0.29, 0.717) is 11.1 Å². The van der Waals surface area contributed by atoms with Gasteiger partial charge in [0.05, 0.1) is 0 Å². The summed E-state index contributed by atoms with van der Waals surface area (Å²) in [7, 11) is 0. The Morgan fingerprint density at radius 2 is 1.56 bits per heavy atom. The number of hydrogen-bond donors (Lipinski definition) is 2. The largest absolute Gasteiger partial charge is 0.446 e. The van der Waals surface area contributed by atoms with Crippen LogP contribution in [0.4, 0.5) is 32.4 Å². The van der Waals surface area contributed by atoms with E-state index in [9.17, 15) is 31.5 Å². The Morgan fingerprint density at radius 1 is 0.963 bits per heavy atom. The molecule has 2 N–H and O–H groups in total. The third-order valence-corrected chi connectivity index (χ3v) is 4.52. The first-order chi connectivity index (χ1) is 12.5. The lowest BCUT2D eigenvalue weighted by atomic mass is 10.1. The molecule has 0 atom stereocenters. The second kappa shape index (κ2) is 7.95. The molecule has 0 aromatic heterocycles. The average Bonchev–Trinajstić information content (AvgIpc) is 2.53. The van der Waals surface area contributed by atoms with Gasteiger partial charge in [0.15, 0.2) is 0 Å². The van der Waals surface area contributed by atoms with Crippen LogP contribution < -0.4 is 10.6 Å². The fraction of sp³-hybridized carbons (Fsp3) is 0.176. The molecule has 27 heavy (non-hydrogen) atoms. The second-order valence-electron chi connectivity index (χ2n) is 5.41. The number of thioether (sulfide) groups is 1. The molecular formula is C17H13F5N2O2S. The standard InChI is InChI=1S/C17H13F5N2O2S/c1-8-9(2)13(27-17(20,21)22)7-6-12(8)23-16(26)24-15(25)14-10(18)4-3-5-11(14)19/h3-7H,1-2H3,(H2,23,24,25,26). The van der Waals surface area contributed by atoms with Crippen LogP contribution in [-0.2, 0) is 0 Å². The van der Waals surface area contributed by atoms with Crippen LogP contribution in [0.2, 0.25) is 0 Å². The fourth-order valence-corrected chi connectivity index (χ4v) is 2.89. The van der Waals surface area contributed by atoms with Crippen molar-refractivity contribution in [3.63, 3.8) is 0 Å². The number of anilines is 1. The summed E-state index contributed by atoms with van der Waals surface area (Å²) >= 11 is -0.286. The van der Waals surface area contributed by atoms with Gasteiger partial charge in [-0.15, -0.1) is 0 Å². The monoisotopic (exact) mass is 404 g/mol. The summed E-state index contributed by atoms with van der Waals surface area (Å²) in [4.78, 5) is 23.8. The molecular weight excluding hydrogens is 391 g/mol. The van der Waals surface area contributed by atoms with Crippen molar-refractivity contribution in [2.24, 2.45) is 0 Å². The van der Waals surface area contributed by atoms with Gasteiger partial charge >= 0.3 is 11.5 Å². The molecule has 0 saturated carbocycles. The van der Waals surface area contributed by atoms with Crippen molar-refractivity contribution in [1.82, 2.24) is 5.32 Å². The van der Waals surface area contributed by atoms with Crippen molar-refractivity contribution in [2.45, 2.75) is 24.3 Å². The minimum Gasteiger partial charge on any atom is -0.307 e. The average molecular weight is 404 g/mol. The zero-order valence-corrected chi connectivity index (χ0v) is 14.8. The lowest BCUT2D eigenvalue weighted by Crippen LogP contribution is -2.35. The van der Waals surface area contributed by atoms with E-state index < -0.39 is 34.6 Å². The number of alkyl halides is 3. The highest BCUT2D eigenvalue weighted by atomic mass is 32.2. The van der Waals surface area contributed by atoms with Gasteiger partial charge in [-0.2, -0.15) is 13.2 Å². The molecule has 0 saturated heterocycles. The van der Waals surface area contributed by atoms with Gasteiger partial charge in [0.25, 0.3) is 5.91 Å². The summed E-state index contributed by atoms with van der Waals surface area (Å²) in [6.07, 6.45) is 0. The second-order valence-corrected chi connectivity index (χ2v) is 6.52. The predicted molar refractivity (Wildman–Crippen MR) is 90.7 cm³/mol. The van der Waals surface area contributed by atoms with Crippen LogP contribution in [-0.4, -0.2) is 17.4 Å². The molecule has 144 valence electrons. The molecule has 0 spiro atoms. The number of benzene rings is 2. The molecule has 2 aromatic carbocycles. The summed E-state index contributed by atoms with van der Waals surface area (Å²) in [5, 5.41) is 4.05. The minimum absolute atomic E-state index is 0.0320. The van der Waals surface area contributed by atoms with Crippen LogP contribution in [0.5, 0.6) is 0 Å². The number of hydrogen-bond acceptors (Lipinski definition) is 3. The molecule has 4 nitrogen and oxygen atoms in total. The van der Waals surface area contributed by atoms with Gasteiger partial charge < -0.3 is 5.32 Å². The lowest BCUT2D eigenvalue weighted by molar-refractivity contribution is -0.0328. The van der Waals surface area contributed by atoms with E-state index in [2.05, 4.69) is 5.32 Å². The van der Waals surface area contributed by atoms with Gasteiger partial charge in [0, 0.05) is 10.6 Å². The first-order valence-corrected chi connectivity index (χ1v) is 8.23. The smallest absolute Gasteiger partial charge is 0.307 e. The maximum absolute atomic E-state index is 13.5. The predicted octanol–water partition coefficient (Wildman–Crippen LogP) is 5.16. The third-order valence-electron chi connectivity index (χ3n) is 3.63. The molecule has 0 radical (unpaired) electrons. The van der Waals surface area contributed by atoms with Gasteiger partial charge in [-0.1, -0.05) is 6.07 Å². The molecule has 0 aliphatic rings. The Hall–Kier alpha value is -2.62. The van der Waals surface area contributed by atoms with Crippen LogP contribution in [0.1, 0.15) is 21.5 Å². The Labute approximate surface area is 155 Å². The highest BCUT2D eigenvalue weighted by molar-refractivity contribution is 8.00. The first-order valence-electron chi connectivity index (χ1n) is 7.42. The number of amides is 3. The number of carbonyl (C=O) groups excluding carboxylic acids is 2. The molecule has 0 heterocycles. The molecule has 0 unspecified atom stereocenters. The van der Waals surface area contributed by atoms with E-state index in [1.807, 2.05) is 0 Å². The van der Waals surface area contributed by atoms with Crippen LogP contribution >= 0.6 is 11.8 Å². The van der Waals surface area contributed by atoms with E-state index in [0.717, 1.165) is 18.2 Å². The van der Waals surface area contributed by atoms with Crippen LogP contribution in [0.25, 0.3) is 0 Å². The zero-order valence-electron chi connectivity index (χ0n) is 14.0. The highest BCUT2D eigenvalue weighted by Crippen LogP contribution is 2.40. The maximum Gasteiger partial charge on any atom is 0.446 e. The third kappa shape index (κ3) is 5.19. The van der Waals surface area contributed by atoms with Crippen LogP contribution in [0.3, 0.4) is 0 Å². The quantitative estimate of drug-likeness (QED) is 0.549. The summed E-state index contributed by atoms with van der Waals surface area (Å²) in [6.45, 7) is 2.94. The first kappa shape index (κ1) is 20.7. The summed E-state index contributed by atoms with van der Waals surface area (Å²) in [5.41, 5.74) is -4.58. The SMILES string of the molecule is Cc1c(NC(=O)NC(=O)c2c(F)cccc2F)ccc(SC(F)(F)F)c1C. The number of rotatable bonds is 3. The van der Waals surface area contributed by atoms with Crippen LogP contribution in [0, 0.1) is 25.5 Å². The van der Waals surface area contributed by atoms with Crippen LogP contribution in [0.15, 0.2) is 35.2 Å². The van der Waals surface area contributed by atoms with E-state index in [1.54, 1.807) is 5.32 Å². The number of urea groups is 1. The summed E-state index contributed by atoms with van der Waals surface area (Å²) in [6, 6.07) is 4.12. The lowest BCUT2D eigenvalue weighted by Gasteiger charge is -2.15. The molecule has 0 aliphatic carbocycles. The van der Waals surface area contributed by atoms with E-state index in [-0.39, 0.29) is 22.3 Å². The minimum atomic E-state index is -4.46. The topological polar surface area (TPSA) is 58.2 Å². The van der Waals surface area contributed by atoms with Gasteiger partial charge in [-0.05, 0) is 61.0 Å². The Morgan fingerprint density at radius 3 is 2.11 bits per heavy atom. The molecule has 2 rings (SSSR count). The summed E-state index contributed by atoms with van der Waals surface area (Å²) < 4.78 is 64.7. The highest BCUT2D eigenvalue weighted by Gasteiger charge is 2.30. The zero-order chi connectivity index (χ0) is 20.4. The molecule has 0 aliphatic heterocycles. The molecule has 0 bridgehead atoms. The number of imide groups is 1. The van der Waals surface area contributed by atoms with E-state index in [4.69, 9.17) is 0 Å². The molecule has 10 heteroatoms. The Bertz CT molecular complexity index is 879. The molecule has 2 aromatic rings. The van der Waals surface area contributed by atoms with Crippen molar-refractivity contribution in [1.29, 1.82) is 0 Å². The van der Waals surface area contributed by atoms with Crippen molar-refractivity contribution < 1.29 is 31.5 Å². The van der Waals surface area contributed by atoms with Gasteiger partial charge in [0.2, 0.25) is 0 Å². The van der Waals surface area contributed by atoms with Crippen molar-refractivity contribution in [3.8, 4) is 0 Å². The van der Waals surface area contributed by atoms with Gasteiger partial charge in [0.1, 0.15) is 17.2 Å². The van der Waals surface area contributed by atoms with Crippen molar-refractivity contribution in [3.05, 3.63) is 58.7 Å². The Balaban J connectivity index is 2.14. The van der Waals surface area contributed by atoms with Gasteiger partial charge in [-0.3, -0.25) is 10.1 Å². The molecule has 3 amide bonds. The number of nitrogens with one attached hydrogen (secondary N) is 2. The van der Waals surface area contributed by atoms with Crippen molar-refractivity contribution in [2.75, 3.05) is 5.32 Å². The normalized spacial score (nSPS) is 11.2. The summed E-state index contributed by atoms with van der Waals surface area (Å²) in [5.74, 6) is -3.57. The maximum atomic E-state index is 13.5. The molecule has 0 fully saturated rings. The number of halogens is 5. The van der Waals surface area contributed by atoms with E-state index in [1.165, 1.54) is 26.0 Å². The van der Waals surface area contributed by atoms with E-state index >= 15 is 0 Å². The number of carbonyl (C=O) groups is 2. The van der Waals surface area contributed by atoms with Gasteiger partial charge in [-0.25, -0.2) is 13.6 Å².